The van der Waals surface area contributed by atoms with Gasteiger partial charge in [0.05, 0.1) is 5.69 Å². The minimum atomic E-state index is 0.0720. The zero-order chi connectivity index (χ0) is 20.6. The average molecular weight is 408 g/mol. The number of amides is 1. The highest BCUT2D eigenvalue weighted by Crippen LogP contribution is 2.29. The molecule has 3 rings (SSSR count). The van der Waals surface area contributed by atoms with Gasteiger partial charge in [-0.25, -0.2) is 4.98 Å². The second-order valence-electron chi connectivity index (χ2n) is 7.30. The average Bonchev–Trinajstić information content (AvgIpc) is 3.19. The predicted octanol–water partition coefficient (Wildman–Crippen LogP) is 7.02. The van der Waals surface area contributed by atoms with Gasteiger partial charge < -0.3 is 10.6 Å². The number of rotatable bonds is 9. The van der Waals surface area contributed by atoms with Gasteiger partial charge in [-0.1, -0.05) is 57.0 Å². The molecule has 0 bridgehead atoms. The molecule has 0 radical (unpaired) electrons. The van der Waals surface area contributed by atoms with Crippen LogP contribution in [0.1, 0.15) is 45.1 Å². The third-order valence-electron chi connectivity index (χ3n) is 5.09. The third kappa shape index (κ3) is 5.67. The number of thiazole rings is 1. The number of hydrogen-bond acceptors (Lipinski definition) is 4. The lowest BCUT2D eigenvalue weighted by molar-refractivity contribution is -0.120. The first-order chi connectivity index (χ1) is 14.1. The zero-order valence-corrected chi connectivity index (χ0v) is 18.2. The van der Waals surface area contributed by atoms with Crippen molar-refractivity contribution in [1.82, 2.24) is 4.98 Å². The Balaban J connectivity index is 1.70. The molecule has 1 amide bonds. The molecule has 1 aromatic heterocycles. The van der Waals surface area contributed by atoms with Crippen molar-refractivity contribution in [2.75, 3.05) is 10.6 Å². The van der Waals surface area contributed by atoms with E-state index in [1.54, 1.807) is 11.3 Å². The van der Waals surface area contributed by atoms with Gasteiger partial charge in [-0.3, -0.25) is 4.79 Å². The minimum absolute atomic E-state index is 0.0720. The van der Waals surface area contributed by atoms with Crippen LogP contribution >= 0.6 is 11.3 Å². The van der Waals surface area contributed by atoms with Gasteiger partial charge in [0.25, 0.3) is 0 Å². The fraction of sp³-hybridized carbons (Fsp3) is 0.333. The summed E-state index contributed by atoms with van der Waals surface area (Å²) in [6.07, 6.45) is 4.01. The smallest absolute Gasteiger partial charge is 0.227 e. The largest absolute Gasteiger partial charge is 0.331 e. The van der Waals surface area contributed by atoms with Crippen LogP contribution in [0.5, 0.6) is 0 Å². The number of nitrogens with zero attached hydrogens (tertiary/aromatic N) is 1. The summed E-state index contributed by atoms with van der Waals surface area (Å²) in [7, 11) is 0. The number of nitrogens with one attached hydrogen (secondary N) is 2. The topological polar surface area (TPSA) is 54.0 Å². The van der Waals surface area contributed by atoms with Gasteiger partial charge in [-0.15, -0.1) is 11.3 Å². The first-order valence-corrected chi connectivity index (χ1v) is 11.2. The second kappa shape index (κ2) is 10.2. The number of carbonyl (C=O) groups is 1. The number of para-hydroxylation sites is 1. The highest BCUT2D eigenvalue weighted by molar-refractivity contribution is 7.14. The molecule has 0 saturated heterocycles. The van der Waals surface area contributed by atoms with Crippen molar-refractivity contribution in [3.05, 3.63) is 59.5 Å². The van der Waals surface area contributed by atoms with Gasteiger partial charge in [0.15, 0.2) is 5.13 Å². The summed E-state index contributed by atoms with van der Waals surface area (Å²) in [4.78, 5) is 17.3. The Kier molecular flexibility index (Phi) is 7.42. The van der Waals surface area contributed by atoms with Crippen LogP contribution < -0.4 is 10.6 Å². The van der Waals surface area contributed by atoms with E-state index in [9.17, 15) is 4.79 Å². The summed E-state index contributed by atoms with van der Waals surface area (Å²) in [6, 6.07) is 16.1. The van der Waals surface area contributed by atoms with E-state index in [2.05, 4.69) is 43.5 Å². The summed E-state index contributed by atoms with van der Waals surface area (Å²) >= 11 is 1.58. The lowest BCUT2D eigenvalue weighted by atomic mass is 9.98. The van der Waals surface area contributed by atoms with Crippen LogP contribution in [0.4, 0.5) is 16.5 Å². The van der Waals surface area contributed by atoms with Crippen LogP contribution in [0.15, 0.2) is 53.9 Å². The normalized spacial score (nSPS) is 11.8. The van der Waals surface area contributed by atoms with Crippen molar-refractivity contribution < 1.29 is 4.79 Å². The Hall–Kier alpha value is -2.66. The van der Waals surface area contributed by atoms with E-state index in [0.717, 1.165) is 53.4 Å². The van der Waals surface area contributed by atoms with E-state index >= 15 is 0 Å². The Morgan fingerprint density at radius 1 is 1.14 bits per heavy atom. The molecule has 2 aromatic carbocycles. The summed E-state index contributed by atoms with van der Waals surface area (Å²) in [6.45, 7) is 6.31. The molecule has 5 heteroatoms. The Morgan fingerprint density at radius 3 is 2.72 bits per heavy atom. The van der Waals surface area contributed by atoms with Crippen molar-refractivity contribution in [1.29, 1.82) is 0 Å². The molecule has 1 atom stereocenters. The second-order valence-corrected chi connectivity index (χ2v) is 8.15. The van der Waals surface area contributed by atoms with Crippen LogP contribution in [-0.2, 0) is 4.79 Å². The van der Waals surface area contributed by atoms with Gasteiger partial charge >= 0.3 is 0 Å². The maximum atomic E-state index is 12.6. The molecule has 4 nitrogen and oxygen atoms in total. The first-order valence-electron chi connectivity index (χ1n) is 10.3. The number of aromatic nitrogens is 1. The van der Waals surface area contributed by atoms with Gasteiger partial charge in [-0.2, -0.15) is 0 Å². The number of carbonyl (C=O) groups excluding carboxylic acids is 1. The molecule has 1 heterocycles. The zero-order valence-electron chi connectivity index (χ0n) is 17.4. The number of benzene rings is 2. The number of anilines is 3. The van der Waals surface area contributed by atoms with E-state index in [1.807, 2.05) is 41.8 Å². The lowest BCUT2D eigenvalue weighted by Gasteiger charge is -2.15. The van der Waals surface area contributed by atoms with Crippen LogP contribution in [-0.4, -0.2) is 10.9 Å². The summed E-state index contributed by atoms with van der Waals surface area (Å²) in [5, 5.41) is 9.37. The maximum absolute atomic E-state index is 12.6. The standard InChI is InChI=1S/C24H29N3OS/c1-4-6-11-18(5-2)23(28)25-20-13-9-12-19(15-20)22-16-29-24(27-22)26-21-14-8-7-10-17(21)3/h7-10,12-16,18H,4-6,11H2,1-3H3,(H,25,28)(H,26,27)/t18-/m1/s1. The van der Waals surface area contributed by atoms with E-state index in [-0.39, 0.29) is 11.8 Å². The van der Waals surface area contributed by atoms with Gasteiger partial charge in [0, 0.05) is 28.2 Å². The summed E-state index contributed by atoms with van der Waals surface area (Å²) < 4.78 is 0. The van der Waals surface area contributed by atoms with Crippen LogP contribution in [0.2, 0.25) is 0 Å². The first kappa shape index (κ1) is 21.1. The summed E-state index contributed by atoms with van der Waals surface area (Å²) in [5.41, 5.74) is 4.97. The van der Waals surface area contributed by atoms with Crippen molar-refractivity contribution in [3.63, 3.8) is 0 Å². The van der Waals surface area contributed by atoms with Gasteiger partial charge in [0.2, 0.25) is 5.91 Å². The lowest BCUT2D eigenvalue weighted by Crippen LogP contribution is -2.22. The highest BCUT2D eigenvalue weighted by atomic mass is 32.1. The third-order valence-corrected chi connectivity index (χ3v) is 5.84. The quantitative estimate of drug-likeness (QED) is 0.401. The molecule has 152 valence electrons. The van der Waals surface area contributed by atoms with Crippen molar-refractivity contribution in [3.8, 4) is 11.3 Å². The van der Waals surface area contributed by atoms with Gasteiger partial charge in [0.1, 0.15) is 0 Å². The Bertz CT molecular complexity index is 951. The number of unbranched alkanes of at least 4 members (excludes halogenated alkanes) is 1. The molecule has 0 unspecified atom stereocenters. The van der Waals surface area contributed by atoms with E-state index in [4.69, 9.17) is 4.98 Å². The molecule has 29 heavy (non-hydrogen) atoms. The predicted molar refractivity (Wildman–Crippen MR) is 124 cm³/mol. The minimum Gasteiger partial charge on any atom is -0.331 e. The molecule has 0 saturated carbocycles. The molecule has 0 aliphatic carbocycles. The molecule has 0 aliphatic rings. The van der Waals surface area contributed by atoms with Crippen molar-refractivity contribution >= 4 is 33.8 Å². The maximum Gasteiger partial charge on any atom is 0.227 e. The van der Waals surface area contributed by atoms with Crippen molar-refractivity contribution in [2.24, 2.45) is 5.92 Å². The van der Waals surface area contributed by atoms with Crippen molar-refractivity contribution in [2.45, 2.75) is 46.5 Å². The summed E-state index contributed by atoms with van der Waals surface area (Å²) in [5.74, 6) is 0.182. The van der Waals surface area contributed by atoms with Crippen LogP contribution in [0, 0.1) is 12.8 Å². The molecule has 3 aromatic rings. The van der Waals surface area contributed by atoms with Crippen LogP contribution in [0.3, 0.4) is 0 Å². The van der Waals surface area contributed by atoms with E-state index in [1.165, 1.54) is 5.56 Å². The molecule has 2 N–H and O–H groups in total. The van der Waals surface area contributed by atoms with Gasteiger partial charge in [-0.05, 0) is 43.5 Å². The monoisotopic (exact) mass is 407 g/mol. The molecular weight excluding hydrogens is 378 g/mol. The van der Waals surface area contributed by atoms with E-state index < -0.39 is 0 Å². The molecular formula is C24H29N3OS. The number of hydrogen-bond donors (Lipinski definition) is 2. The molecule has 0 spiro atoms. The Morgan fingerprint density at radius 2 is 1.97 bits per heavy atom. The highest BCUT2D eigenvalue weighted by Gasteiger charge is 2.16. The Labute approximate surface area is 177 Å². The fourth-order valence-corrected chi connectivity index (χ4v) is 4.00. The fourth-order valence-electron chi connectivity index (χ4n) is 3.26. The number of aryl methyl sites for hydroxylation is 1. The molecule has 0 aliphatic heterocycles. The SMILES string of the molecule is CCCC[C@@H](CC)C(=O)Nc1cccc(-c2csc(Nc3ccccc3C)n2)c1. The van der Waals surface area contributed by atoms with Crippen LogP contribution in [0.25, 0.3) is 11.3 Å². The van der Waals surface area contributed by atoms with E-state index in [0.29, 0.717) is 0 Å². The molecule has 0 fully saturated rings.